The molecule has 0 aliphatic rings. The molecule has 1 aromatic heterocycles. The van der Waals surface area contributed by atoms with Crippen LogP contribution in [-0.2, 0) is 4.74 Å². The van der Waals surface area contributed by atoms with E-state index in [1.54, 1.807) is 7.11 Å². The minimum atomic E-state index is -0.947. The topological polar surface area (TPSA) is 71.5 Å². The van der Waals surface area contributed by atoms with Crippen molar-refractivity contribution in [3.05, 3.63) is 11.1 Å². The quantitative estimate of drug-likeness (QED) is 0.694. The largest absolute Gasteiger partial charge is 0.477 e. The fraction of sp³-hybridized carbons (Fsp3) is 0.429. The molecule has 6 heteroatoms. The minimum absolute atomic E-state index is 0.236. The minimum Gasteiger partial charge on any atom is -0.477 e. The number of carboxylic acid groups (broad SMARTS) is 1. The van der Waals surface area contributed by atoms with E-state index in [1.165, 1.54) is 6.20 Å². The Balaban J connectivity index is 2.44. The lowest BCUT2D eigenvalue weighted by Gasteiger charge is -1.99. The summed E-state index contributed by atoms with van der Waals surface area (Å²) < 4.78 is 4.82. The normalized spacial score (nSPS) is 9.92. The van der Waals surface area contributed by atoms with Gasteiger partial charge in [-0.2, -0.15) is 0 Å². The van der Waals surface area contributed by atoms with Gasteiger partial charge in [-0.05, 0) is 0 Å². The van der Waals surface area contributed by atoms with E-state index in [-0.39, 0.29) is 4.88 Å². The predicted molar refractivity (Wildman–Crippen MR) is 49.4 cm³/mol. The van der Waals surface area contributed by atoms with E-state index in [1.807, 2.05) is 0 Å². The zero-order chi connectivity index (χ0) is 9.68. The second-order valence-electron chi connectivity index (χ2n) is 2.25. The van der Waals surface area contributed by atoms with Gasteiger partial charge in [0.25, 0.3) is 0 Å². The first-order chi connectivity index (χ1) is 6.24. The summed E-state index contributed by atoms with van der Waals surface area (Å²) in [7, 11) is 1.60. The number of carboxylic acids is 1. The lowest BCUT2D eigenvalue weighted by Crippen LogP contribution is -2.06. The molecule has 1 rings (SSSR count). The zero-order valence-corrected chi connectivity index (χ0v) is 7.93. The molecule has 1 heterocycles. The summed E-state index contributed by atoms with van der Waals surface area (Å²) in [4.78, 5) is 14.6. The van der Waals surface area contributed by atoms with Gasteiger partial charge in [-0.3, -0.25) is 0 Å². The number of hydrogen-bond donors (Lipinski definition) is 2. The van der Waals surface area contributed by atoms with Gasteiger partial charge in [0.15, 0.2) is 5.13 Å². The first-order valence-corrected chi connectivity index (χ1v) is 4.47. The average Bonchev–Trinajstić information content (AvgIpc) is 2.53. The summed E-state index contributed by atoms with van der Waals surface area (Å²) in [5, 5.41) is 12.1. The smallest absolute Gasteiger partial charge is 0.347 e. The summed E-state index contributed by atoms with van der Waals surface area (Å²) in [6.45, 7) is 1.20. The molecule has 5 nitrogen and oxygen atoms in total. The lowest BCUT2D eigenvalue weighted by atomic mass is 10.6. The maximum atomic E-state index is 10.5. The van der Waals surface area contributed by atoms with E-state index < -0.39 is 5.97 Å². The molecule has 0 aliphatic carbocycles. The highest BCUT2D eigenvalue weighted by atomic mass is 32.1. The Labute approximate surface area is 79.4 Å². The van der Waals surface area contributed by atoms with Crippen molar-refractivity contribution in [2.24, 2.45) is 0 Å². The predicted octanol–water partition coefficient (Wildman–Crippen LogP) is 0.900. The van der Waals surface area contributed by atoms with Crippen molar-refractivity contribution in [3.63, 3.8) is 0 Å². The summed E-state index contributed by atoms with van der Waals surface area (Å²) in [6.07, 6.45) is 1.34. The summed E-state index contributed by atoms with van der Waals surface area (Å²) in [5.41, 5.74) is 0. The van der Waals surface area contributed by atoms with Gasteiger partial charge in [0, 0.05) is 13.7 Å². The third-order valence-corrected chi connectivity index (χ3v) is 2.24. The van der Waals surface area contributed by atoms with Crippen LogP contribution in [-0.4, -0.2) is 36.3 Å². The molecule has 13 heavy (non-hydrogen) atoms. The molecule has 0 radical (unpaired) electrons. The van der Waals surface area contributed by atoms with Crippen LogP contribution in [0.5, 0.6) is 0 Å². The Morgan fingerprint density at radius 1 is 1.85 bits per heavy atom. The molecule has 0 amide bonds. The van der Waals surface area contributed by atoms with Crippen LogP contribution in [0.2, 0.25) is 0 Å². The van der Waals surface area contributed by atoms with E-state index >= 15 is 0 Å². The zero-order valence-electron chi connectivity index (χ0n) is 7.11. The SMILES string of the molecule is COCCNc1ncc(C(=O)O)s1. The number of anilines is 1. The van der Waals surface area contributed by atoms with Crippen molar-refractivity contribution in [3.8, 4) is 0 Å². The Morgan fingerprint density at radius 3 is 3.15 bits per heavy atom. The highest BCUT2D eigenvalue weighted by molar-refractivity contribution is 7.17. The fourth-order valence-electron chi connectivity index (χ4n) is 0.715. The summed E-state index contributed by atoms with van der Waals surface area (Å²) in [6, 6.07) is 0. The number of ether oxygens (including phenoxy) is 1. The van der Waals surface area contributed by atoms with Crippen LogP contribution in [0.3, 0.4) is 0 Å². The number of carbonyl (C=O) groups is 1. The third-order valence-electron chi connectivity index (χ3n) is 1.30. The van der Waals surface area contributed by atoms with Gasteiger partial charge in [-0.25, -0.2) is 9.78 Å². The van der Waals surface area contributed by atoms with Gasteiger partial charge < -0.3 is 15.2 Å². The Bertz CT molecular complexity index is 287. The first kappa shape index (κ1) is 9.94. The Kier molecular flexibility index (Phi) is 3.66. The molecule has 2 N–H and O–H groups in total. The van der Waals surface area contributed by atoms with Crippen molar-refractivity contribution < 1.29 is 14.6 Å². The number of nitrogens with one attached hydrogen (secondary N) is 1. The van der Waals surface area contributed by atoms with Gasteiger partial charge in [-0.1, -0.05) is 11.3 Å². The number of nitrogens with zero attached hydrogens (tertiary/aromatic N) is 1. The third kappa shape index (κ3) is 3.00. The van der Waals surface area contributed by atoms with E-state index in [4.69, 9.17) is 9.84 Å². The molecular weight excluding hydrogens is 192 g/mol. The van der Waals surface area contributed by atoms with Crippen molar-refractivity contribution in [1.29, 1.82) is 0 Å². The van der Waals surface area contributed by atoms with Crippen molar-refractivity contribution in [2.45, 2.75) is 0 Å². The number of aromatic carboxylic acids is 1. The van der Waals surface area contributed by atoms with Gasteiger partial charge in [0.2, 0.25) is 0 Å². The van der Waals surface area contributed by atoms with Gasteiger partial charge in [0.1, 0.15) is 4.88 Å². The van der Waals surface area contributed by atoms with Gasteiger partial charge >= 0.3 is 5.97 Å². The summed E-state index contributed by atoms with van der Waals surface area (Å²) in [5.74, 6) is -0.947. The van der Waals surface area contributed by atoms with Crippen molar-refractivity contribution in [1.82, 2.24) is 4.98 Å². The van der Waals surface area contributed by atoms with Crippen LogP contribution < -0.4 is 5.32 Å². The van der Waals surface area contributed by atoms with E-state index in [9.17, 15) is 4.79 Å². The van der Waals surface area contributed by atoms with Gasteiger partial charge in [0.05, 0.1) is 12.8 Å². The molecule has 0 saturated carbocycles. The Hall–Kier alpha value is -1.14. The van der Waals surface area contributed by atoms with Gasteiger partial charge in [-0.15, -0.1) is 0 Å². The molecule has 0 spiro atoms. The molecular formula is C7H10N2O3S. The molecule has 1 aromatic rings. The molecule has 0 fully saturated rings. The van der Waals surface area contributed by atoms with Crippen LogP contribution in [0, 0.1) is 0 Å². The van der Waals surface area contributed by atoms with Crippen LogP contribution in [0.4, 0.5) is 5.13 Å². The molecule has 0 aliphatic heterocycles. The number of hydrogen-bond acceptors (Lipinski definition) is 5. The Morgan fingerprint density at radius 2 is 2.62 bits per heavy atom. The maximum absolute atomic E-state index is 10.5. The molecule has 0 atom stereocenters. The fourth-order valence-corrected chi connectivity index (χ4v) is 1.40. The second-order valence-corrected chi connectivity index (χ2v) is 3.29. The molecule has 0 aromatic carbocycles. The van der Waals surface area contributed by atoms with Crippen molar-refractivity contribution in [2.75, 3.05) is 25.6 Å². The molecule has 0 saturated heterocycles. The van der Waals surface area contributed by atoms with Crippen LogP contribution in [0.1, 0.15) is 9.67 Å². The van der Waals surface area contributed by atoms with E-state index in [0.717, 1.165) is 11.3 Å². The van der Waals surface area contributed by atoms with Crippen LogP contribution >= 0.6 is 11.3 Å². The number of thiazole rings is 1. The van der Waals surface area contributed by atoms with E-state index in [0.29, 0.717) is 18.3 Å². The van der Waals surface area contributed by atoms with E-state index in [2.05, 4.69) is 10.3 Å². The number of aromatic nitrogens is 1. The molecule has 0 bridgehead atoms. The van der Waals surface area contributed by atoms with Crippen molar-refractivity contribution >= 4 is 22.4 Å². The molecule has 72 valence electrons. The highest BCUT2D eigenvalue weighted by Gasteiger charge is 2.07. The monoisotopic (exact) mass is 202 g/mol. The molecule has 0 unspecified atom stereocenters. The first-order valence-electron chi connectivity index (χ1n) is 3.66. The maximum Gasteiger partial charge on any atom is 0.347 e. The standard InChI is InChI=1S/C7H10N2O3S/c1-12-3-2-8-7-9-4-5(13-7)6(10)11/h4H,2-3H2,1H3,(H,8,9)(H,10,11). The lowest BCUT2D eigenvalue weighted by molar-refractivity contribution is 0.0702. The number of rotatable bonds is 5. The number of methoxy groups -OCH3 is 1. The second kappa shape index (κ2) is 4.78. The summed E-state index contributed by atoms with van der Waals surface area (Å²) >= 11 is 1.11. The van der Waals surface area contributed by atoms with Crippen LogP contribution in [0.25, 0.3) is 0 Å². The average molecular weight is 202 g/mol. The van der Waals surface area contributed by atoms with Crippen LogP contribution in [0.15, 0.2) is 6.20 Å². The highest BCUT2D eigenvalue weighted by Crippen LogP contribution is 2.17.